The number of pyridine rings is 1. The van der Waals surface area contributed by atoms with Gasteiger partial charge in [0.2, 0.25) is 5.91 Å². The fraction of sp³-hybridized carbons (Fsp3) is 0.0455. The molecule has 2 N–H and O–H groups in total. The fourth-order valence-corrected chi connectivity index (χ4v) is 4.79. The van der Waals surface area contributed by atoms with Crippen molar-refractivity contribution in [2.24, 2.45) is 0 Å². The van der Waals surface area contributed by atoms with E-state index in [1.807, 2.05) is 23.6 Å². The lowest BCUT2D eigenvalue weighted by Gasteiger charge is -2.10. The predicted molar refractivity (Wildman–Crippen MR) is 122 cm³/mol. The molecular weight excluding hydrogens is 432 g/mol. The number of nitrogens with one attached hydrogen (secondary N) is 2. The van der Waals surface area contributed by atoms with Gasteiger partial charge >= 0.3 is 0 Å². The van der Waals surface area contributed by atoms with Crippen molar-refractivity contribution in [2.75, 3.05) is 10.0 Å². The van der Waals surface area contributed by atoms with Gasteiger partial charge in [-0.25, -0.2) is 13.4 Å². The number of hydrogen-bond acceptors (Lipinski definition) is 6. The maximum atomic E-state index is 12.8. The molecule has 2 heterocycles. The SMILES string of the molecule is CC(=O)Nc1ccc(S(=O)(=O)Nc2cccc(-c3csc(-c4ccncc4)n3)c2)cc1. The summed E-state index contributed by atoms with van der Waals surface area (Å²) in [5.41, 5.74) is 3.50. The van der Waals surface area contributed by atoms with Crippen LogP contribution in [-0.4, -0.2) is 24.3 Å². The van der Waals surface area contributed by atoms with Crippen molar-refractivity contribution in [1.82, 2.24) is 9.97 Å². The van der Waals surface area contributed by atoms with Crippen molar-refractivity contribution in [1.29, 1.82) is 0 Å². The van der Waals surface area contributed by atoms with Gasteiger partial charge in [0.15, 0.2) is 0 Å². The lowest BCUT2D eigenvalue weighted by molar-refractivity contribution is -0.114. The summed E-state index contributed by atoms with van der Waals surface area (Å²) in [4.78, 5) is 19.9. The minimum absolute atomic E-state index is 0.0978. The highest BCUT2D eigenvalue weighted by atomic mass is 32.2. The van der Waals surface area contributed by atoms with Crippen LogP contribution >= 0.6 is 11.3 Å². The molecule has 0 radical (unpaired) electrons. The molecule has 4 aromatic rings. The van der Waals surface area contributed by atoms with Gasteiger partial charge in [0.05, 0.1) is 10.6 Å². The summed E-state index contributed by atoms with van der Waals surface area (Å²) in [6, 6.07) is 16.8. The molecule has 2 aromatic heterocycles. The van der Waals surface area contributed by atoms with Crippen LogP contribution < -0.4 is 10.0 Å². The largest absolute Gasteiger partial charge is 0.326 e. The minimum Gasteiger partial charge on any atom is -0.326 e. The average molecular weight is 451 g/mol. The molecule has 0 aliphatic heterocycles. The molecule has 2 aromatic carbocycles. The summed E-state index contributed by atoms with van der Waals surface area (Å²) in [6.07, 6.45) is 3.43. The zero-order chi connectivity index (χ0) is 21.8. The van der Waals surface area contributed by atoms with Crippen LogP contribution in [0.1, 0.15) is 6.92 Å². The standard InChI is InChI=1S/C22H18N4O3S2/c1-15(27)24-18-5-7-20(8-6-18)31(28,29)26-19-4-2-3-17(13-19)21-14-30-22(25-21)16-9-11-23-12-10-16/h2-14,26H,1H3,(H,24,27). The first-order chi connectivity index (χ1) is 14.9. The third-order valence-corrected chi connectivity index (χ3v) is 6.62. The Morgan fingerprint density at radius 3 is 2.39 bits per heavy atom. The quantitative estimate of drug-likeness (QED) is 0.446. The molecule has 9 heteroatoms. The first-order valence-corrected chi connectivity index (χ1v) is 11.6. The number of aromatic nitrogens is 2. The number of carbonyl (C=O) groups is 1. The van der Waals surface area contributed by atoms with Gasteiger partial charge in [0.1, 0.15) is 5.01 Å². The van der Waals surface area contributed by atoms with Crippen LogP contribution in [0.25, 0.3) is 21.8 Å². The van der Waals surface area contributed by atoms with E-state index in [2.05, 4.69) is 20.0 Å². The lowest BCUT2D eigenvalue weighted by Crippen LogP contribution is -2.13. The molecule has 0 spiro atoms. The number of hydrogen-bond donors (Lipinski definition) is 2. The third kappa shape index (κ3) is 4.96. The van der Waals surface area contributed by atoms with Gasteiger partial charge < -0.3 is 5.32 Å². The number of anilines is 2. The highest BCUT2D eigenvalue weighted by Crippen LogP contribution is 2.30. The van der Waals surface area contributed by atoms with Gasteiger partial charge in [0.25, 0.3) is 10.0 Å². The van der Waals surface area contributed by atoms with E-state index in [4.69, 9.17) is 0 Å². The lowest BCUT2D eigenvalue weighted by atomic mass is 10.1. The van der Waals surface area contributed by atoms with Crippen molar-refractivity contribution in [3.63, 3.8) is 0 Å². The molecule has 156 valence electrons. The third-order valence-electron chi connectivity index (χ3n) is 4.33. The first kappa shape index (κ1) is 20.7. The Kier molecular flexibility index (Phi) is 5.79. The van der Waals surface area contributed by atoms with Gasteiger partial charge in [-0.2, -0.15) is 0 Å². The van der Waals surface area contributed by atoms with Gasteiger partial charge in [-0.15, -0.1) is 11.3 Å². The number of nitrogens with zero attached hydrogens (tertiary/aromatic N) is 2. The molecule has 0 aliphatic rings. The molecule has 0 atom stereocenters. The molecule has 0 bridgehead atoms. The van der Waals surface area contributed by atoms with E-state index in [1.54, 1.807) is 42.7 Å². The fourth-order valence-electron chi connectivity index (χ4n) is 2.91. The zero-order valence-corrected chi connectivity index (χ0v) is 18.1. The molecule has 31 heavy (non-hydrogen) atoms. The van der Waals surface area contributed by atoms with Crippen molar-refractivity contribution in [3.8, 4) is 21.8 Å². The Labute approximate surface area is 183 Å². The summed E-state index contributed by atoms with van der Waals surface area (Å²) < 4.78 is 28.1. The topological polar surface area (TPSA) is 101 Å². The number of benzene rings is 2. The monoisotopic (exact) mass is 450 g/mol. The summed E-state index contributed by atoms with van der Waals surface area (Å²) >= 11 is 1.51. The van der Waals surface area contributed by atoms with Crippen molar-refractivity contribution >= 4 is 38.6 Å². The van der Waals surface area contributed by atoms with Gasteiger partial charge in [-0.05, 0) is 48.5 Å². The van der Waals surface area contributed by atoms with Gasteiger partial charge in [-0.1, -0.05) is 12.1 Å². The molecule has 1 amide bonds. The maximum Gasteiger partial charge on any atom is 0.261 e. The Morgan fingerprint density at radius 2 is 1.68 bits per heavy atom. The van der Waals surface area contributed by atoms with E-state index in [1.165, 1.54) is 30.4 Å². The van der Waals surface area contributed by atoms with E-state index in [-0.39, 0.29) is 10.8 Å². The second-order valence-electron chi connectivity index (χ2n) is 6.67. The molecule has 0 saturated heterocycles. The van der Waals surface area contributed by atoms with Crippen LogP contribution in [0.15, 0.2) is 83.3 Å². The molecule has 0 saturated carbocycles. The van der Waals surface area contributed by atoms with E-state index >= 15 is 0 Å². The number of thiazole rings is 1. The van der Waals surface area contributed by atoms with Crippen LogP contribution in [0.4, 0.5) is 11.4 Å². The van der Waals surface area contributed by atoms with E-state index in [9.17, 15) is 13.2 Å². The second kappa shape index (κ2) is 8.66. The normalized spacial score (nSPS) is 11.1. The number of carbonyl (C=O) groups excluding carboxylic acids is 1. The average Bonchev–Trinajstić information content (AvgIpc) is 3.25. The molecule has 0 unspecified atom stereocenters. The summed E-state index contributed by atoms with van der Waals surface area (Å²) in [7, 11) is -3.78. The highest BCUT2D eigenvalue weighted by molar-refractivity contribution is 7.92. The van der Waals surface area contributed by atoms with E-state index < -0.39 is 10.0 Å². The van der Waals surface area contributed by atoms with Crippen LogP contribution in [0, 0.1) is 0 Å². The first-order valence-electron chi connectivity index (χ1n) is 9.27. The highest BCUT2D eigenvalue weighted by Gasteiger charge is 2.15. The van der Waals surface area contributed by atoms with Crippen LogP contribution in [0.2, 0.25) is 0 Å². The summed E-state index contributed by atoms with van der Waals surface area (Å²) in [6.45, 7) is 1.39. The summed E-state index contributed by atoms with van der Waals surface area (Å²) in [5.74, 6) is -0.223. The number of amides is 1. The van der Waals surface area contributed by atoms with Gasteiger partial charge in [-0.3, -0.25) is 14.5 Å². The van der Waals surface area contributed by atoms with Crippen molar-refractivity contribution < 1.29 is 13.2 Å². The van der Waals surface area contributed by atoms with Crippen LogP contribution in [0.5, 0.6) is 0 Å². The van der Waals surface area contributed by atoms with E-state index in [0.717, 1.165) is 21.8 Å². The smallest absolute Gasteiger partial charge is 0.261 e. The minimum atomic E-state index is -3.78. The molecule has 7 nitrogen and oxygen atoms in total. The maximum absolute atomic E-state index is 12.8. The molecular formula is C22H18N4O3S2. The number of rotatable bonds is 6. The van der Waals surface area contributed by atoms with Gasteiger partial charge in [0, 0.05) is 47.2 Å². The van der Waals surface area contributed by atoms with E-state index in [0.29, 0.717) is 11.4 Å². The number of sulfonamides is 1. The van der Waals surface area contributed by atoms with Crippen LogP contribution in [0.3, 0.4) is 0 Å². The molecule has 4 rings (SSSR count). The van der Waals surface area contributed by atoms with Crippen molar-refractivity contribution in [2.45, 2.75) is 11.8 Å². The van der Waals surface area contributed by atoms with Crippen molar-refractivity contribution in [3.05, 3.63) is 78.4 Å². The Hall–Kier alpha value is -3.56. The second-order valence-corrected chi connectivity index (χ2v) is 9.21. The zero-order valence-electron chi connectivity index (χ0n) is 16.4. The van der Waals surface area contributed by atoms with Crippen LogP contribution in [-0.2, 0) is 14.8 Å². The summed E-state index contributed by atoms with van der Waals surface area (Å²) in [5, 5.41) is 5.41. The Balaban J connectivity index is 1.55. The molecule has 0 aliphatic carbocycles. The predicted octanol–water partition coefficient (Wildman–Crippen LogP) is 4.63. The molecule has 0 fully saturated rings. The Bertz CT molecular complexity index is 1320. The Morgan fingerprint density at radius 1 is 0.935 bits per heavy atom.